The number of aromatic nitrogens is 1. The molecule has 1 unspecified atom stereocenters. The number of nitrogens with two attached hydrogens (primary N) is 1. The highest BCUT2D eigenvalue weighted by molar-refractivity contribution is 5.92. The number of nitrogens with one attached hydrogen (secondary N) is 1. The molecule has 2 aromatic rings. The van der Waals surface area contributed by atoms with Crippen molar-refractivity contribution in [3.8, 4) is 0 Å². The molecule has 0 fully saturated rings. The van der Waals surface area contributed by atoms with E-state index in [0.29, 0.717) is 11.9 Å². The molecule has 3 N–H and O–H groups in total. The maximum Gasteiger partial charge on any atom is 0.417 e. The van der Waals surface area contributed by atoms with Gasteiger partial charge in [0.1, 0.15) is 5.69 Å². The fraction of sp³-hybridized carbons (Fsp3) is 0.294. The number of pyridine rings is 1. The van der Waals surface area contributed by atoms with Crippen LogP contribution >= 0.6 is 0 Å². The minimum atomic E-state index is -4.47. The van der Waals surface area contributed by atoms with Gasteiger partial charge >= 0.3 is 6.18 Å². The van der Waals surface area contributed by atoms with Gasteiger partial charge in [-0.05, 0) is 54.7 Å². The summed E-state index contributed by atoms with van der Waals surface area (Å²) in [7, 11) is 0. The number of fused-ring (bicyclic) bond motifs is 1. The second-order valence-corrected chi connectivity index (χ2v) is 5.81. The zero-order valence-electron chi connectivity index (χ0n) is 12.7. The van der Waals surface area contributed by atoms with Gasteiger partial charge in [-0.2, -0.15) is 13.2 Å². The smallest absolute Gasteiger partial charge is 0.399 e. The van der Waals surface area contributed by atoms with Gasteiger partial charge in [0.2, 0.25) is 0 Å². The first-order valence-corrected chi connectivity index (χ1v) is 7.57. The second kappa shape index (κ2) is 6.14. The number of aryl methyl sites for hydroxylation is 1. The van der Waals surface area contributed by atoms with Gasteiger partial charge in [-0.15, -0.1) is 0 Å². The normalized spacial score (nSPS) is 17.2. The fourth-order valence-corrected chi connectivity index (χ4v) is 2.91. The summed E-state index contributed by atoms with van der Waals surface area (Å²) in [6.45, 7) is 0. The lowest BCUT2D eigenvalue weighted by Gasteiger charge is -2.26. The number of hydrogen-bond donors (Lipinski definition) is 2. The predicted molar refractivity (Wildman–Crippen MR) is 83.2 cm³/mol. The summed E-state index contributed by atoms with van der Waals surface area (Å²) < 4.78 is 37.6. The molecule has 1 aromatic heterocycles. The molecule has 0 bridgehead atoms. The first kappa shape index (κ1) is 16.3. The largest absolute Gasteiger partial charge is 0.417 e. The summed E-state index contributed by atoms with van der Waals surface area (Å²) in [4.78, 5) is 15.9. The molecule has 1 heterocycles. The van der Waals surface area contributed by atoms with Crippen LogP contribution in [0.4, 0.5) is 18.9 Å². The standard InChI is InChI=1S/C17H16F3N3O/c18-17(19,20)11-4-7-15(22-9-11)16(24)23-14-3-1-2-10-8-12(21)5-6-13(10)14/h4-9,14H,1-3,21H2,(H,23,24). The maximum absolute atomic E-state index is 12.5. The van der Waals surface area contributed by atoms with Crippen LogP contribution in [0.25, 0.3) is 0 Å². The van der Waals surface area contributed by atoms with Crippen LogP contribution in [0.2, 0.25) is 0 Å². The van der Waals surface area contributed by atoms with Gasteiger partial charge in [0, 0.05) is 11.9 Å². The third kappa shape index (κ3) is 3.34. The third-order valence-corrected chi connectivity index (χ3v) is 4.11. The Morgan fingerprint density at radius 1 is 1.25 bits per heavy atom. The Labute approximate surface area is 136 Å². The van der Waals surface area contributed by atoms with Crippen molar-refractivity contribution in [2.75, 3.05) is 5.73 Å². The molecule has 0 aliphatic heterocycles. The van der Waals surface area contributed by atoms with Gasteiger partial charge in [-0.1, -0.05) is 6.07 Å². The molecule has 7 heteroatoms. The number of alkyl halides is 3. The highest BCUT2D eigenvalue weighted by atomic mass is 19.4. The maximum atomic E-state index is 12.5. The highest BCUT2D eigenvalue weighted by Gasteiger charge is 2.31. The number of nitrogens with zero attached hydrogens (tertiary/aromatic N) is 1. The Morgan fingerprint density at radius 2 is 2.04 bits per heavy atom. The predicted octanol–water partition coefficient (Wildman–Crippen LogP) is 3.49. The minimum Gasteiger partial charge on any atom is -0.399 e. The molecule has 24 heavy (non-hydrogen) atoms. The lowest BCUT2D eigenvalue weighted by molar-refractivity contribution is -0.137. The first-order valence-electron chi connectivity index (χ1n) is 7.57. The number of benzene rings is 1. The molecule has 1 amide bonds. The Balaban J connectivity index is 1.76. The van der Waals surface area contributed by atoms with E-state index in [9.17, 15) is 18.0 Å². The number of carbonyl (C=O) groups is 1. The van der Waals surface area contributed by atoms with Crippen LogP contribution < -0.4 is 11.1 Å². The summed E-state index contributed by atoms with van der Waals surface area (Å²) in [5, 5.41) is 2.85. The first-order chi connectivity index (χ1) is 11.3. The summed E-state index contributed by atoms with van der Waals surface area (Å²) >= 11 is 0. The van der Waals surface area contributed by atoms with Crippen LogP contribution in [0.3, 0.4) is 0 Å². The molecule has 1 aromatic carbocycles. The van der Waals surface area contributed by atoms with E-state index in [-0.39, 0.29) is 11.7 Å². The Morgan fingerprint density at radius 3 is 2.71 bits per heavy atom. The fourth-order valence-electron chi connectivity index (χ4n) is 2.91. The van der Waals surface area contributed by atoms with Crippen molar-refractivity contribution < 1.29 is 18.0 Å². The molecule has 0 saturated carbocycles. The molecule has 0 saturated heterocycles. The van der Waals surface area contributed by atoms with Crippen LogP contribution in [0.15, 0.2) is 36.5 Å². The van der Waals surface area contributed by atoms with Crippen LogP contribution in [0.5, 0.6) is 0 Å². The average molecular weight is 335 g/mol. The lowest BCUT2D eigenvalue weighted by atomic mass is 9.87. The Hall–Kier alpha value is -2.57. The molecule has 0 radical (unpaired) electrons. The molecular formula is C17H16F3N3O. The Kier molecular flexibility index (Phi) is 4.17. The van der Waals surface area contributed by atoms with Gasteiger partial charge in [-0.3, -0.25) is 9.78 Å². The van der Waals surface area contributed by atoms with E-state index >= 15 is 0 Å². The molecular weight excluding hydrogens is 319 g/mol. The summed E-state index contributed by atoms with van der Waals surface area (Å²) in [6, 6.07) is 7.31. The van der Waals surface area contributed by atoms with Gasteiger partial charge in [0.25, 0.3) is 5.91 Å². The van der Waals surface area contributed by atoms with Crippen LogP contribution in [-0.4, -0.2) is 10.9 Å². The van der Waals surface area contributed by atoms with Crippen molar-refractivity contribution in [3.05, 3.63) is 58.9 Å². The molecule has 1 aliphatic carbocycles. The molecule has 1 atom stereocenters. The number of rotatable bonds is 2. The van der Waals surface area contributed by atoms with Gasteiger partial charge in [-0.25, -0.2) is 0 Å². The summed E-state index contributed by atoms with van der Waals surface area (Å²) in [6.07, 6.45) is -1.23. The zero-order valence-corrected chi connectivity index (χ0v) is 12.7. The SMILES string of the molecule is Nc1ccc2c(c1)CCCC2NC(=O)c1ccc(C(F)(F)F)cn1. The molecule has 3 rings (SSSR count). The number of anilines is 1. The van der Waals surface area contributed by atoms with E-state index in [1.165, 1.54) is 0 Å². The van der Waals surface area contributed by atoms with Crippen LogP contribution in [0, 0.1) is 0 Å². The molecule has 126 valence electrons. The van der Waals surface area contributed by atoms with Crippen molar-refractivity contribution in [1.29, 1.82) is 0 Å². The number of hydrogen-bond acceptors (Lipinski definition) is 3. The van der Waals surface area contributed by atoms with Crippen LogP contribution in [-0.2, 0) is 12.6 Å². The summed E-state index contributed by atoms with van der Waals surface area (Å²) in [5.74, 6) is -0.488. The van der Waals surface area contributed by atoms with E-state index in [4.69, 9.17) is 5.73 Å². The number of halogens is 3. The van der Waals surface area contributed by atoms with E-state index < -0.39 is 17.6 Å². The third-order valence-electron chi connectivity index (χ3n) is 4.11. The minimum absolute atomic E-state index is 0.0365. The van der Waals surface area contributed by atoms with E-state index in [0.717, 1.165) is 42.5 Å². The number of amides is 1. The van der Waals surface area contributed by atoms with E-state index in [1.54, 1.807) is 6.07 Å². The van der Waals surface area contributed by atoms with E-state index in [2.05, 4.69) is 10.3 Å². The number of nitrogen functional groups attached to an aromatic ring is 1. The van der Waals surface area contributed by atoms with Crippen LogP contribution in [0.1, 0.15) is 46.1 Å². The van der Waals surface area contributed by atoms with Gasteiger partial charge < -0.3 is 11.1 Å². The Bertz CT molecular complexity index is 757. The zero-order chi connectivity index (χ0) is 17.3. The number of carbonyl (C=O) groups excluding carboxylic acids is 1. The highest BCUT2D eigenvalue weighted by Crippen LogP contribution is 2.31. The van der Waals surface area contributed by atoms with Crippen molar-refractivity contribution in [2.45, 2.75) is 31.5 Å². The van der Waals surface area contributed by atoms with Crippen molar-refractivity contribution in [3.63, 3.8) is 0 Å². The van der Waals surface area contributed by atoms with Gasteiger partial charge in [0.15, 0.2) is 0 Å². The topological polar surface area (TPSA) is 68.0 Å². The second-order valence-electron chi connectivity index (χ2n) is 5.81. The van der Waals surface area contributed by atoms with E-state index in [1.807, 2.05) is 12.1 Å². The van der Waals surface area contributed by atoms with Gasteiger partial charge in [0.05, 0.1) is 11.6 Å². The molecule has 0 spiro atoms. The lowest BCUT2D eigenvalue weighted by Crippen LogP contribution is -2.31. The molecule has 1 aliphatic rings. The monoisotopic (exact) mass is 335 g/mol. The van der Waals surface area contributed by atoms with Crippen molar-refractivity contribution in [2.24, 2.45) is 0 Å². The van der Waals surface area contributed by atoms with Crippen molar-refractivity contribution in [1.82, 2.24) is 10.3 Å². The summed E-state index contributed by atoms with van der Waals surface area (Å²) in [5.41, 5.74) is 7.62. The quantitative estimate of drug-likeness (QED) is 0.826. The van der Waals surface area contributed by atoms with Crippen molar-refractivity contribution >= 4 is 11.6 Å². The molecule has 4 nitrogen and oxygen atoms in total. The average Bonchev–Trinajstić information content (AvgIpc) is 2.54.